The van der Waals surface area contributed by atoms with E-state index in [1.165, 1.54) is 0 Å². The van der Waals surface area contributed by atoms with E-state index in [1.54, 1.807) is 0 Å². The molecule has 2 rings (SSSR count). The molecule has 0 aliphatic heterocycles. The summed E-state index contributed by atoms with van der Waals surface area (Å²) in [6, 6.07) is 7.07. The Morgan fingerprint density at radius 2 is 2.05 bits per heavy atom. The van der Waals surface area contributed by atoms with Crippen LogP contribution < -0.4 is 4.72 Å². The molecular formula is C14H21NO3S. The average Bonchev–Trinajstić information content (AvgIpc) is 2.64. The van der Waals surface area contributed by atoms with Crippen LogP contribution >= 0.6 is 0 Å². The predicted molar refractivity (Wildman–Crippen MR) is 75.3 cm³/mol. The highest BCUT2D eigenvalue weighted by molar-refractivity contribution is 7.89. The minimum atomic E-state index is -3.35. The zero-order chi connectivity index (χ0) is 14.0. The van der Waals surface area contributed by atoms with Crippen molar-refractivity contribution in [3.05, 3.63) is 35.4 Å². The number of nitrogens with one attached hydrogen (secondary N) is 1. The summed E-state index contributed by atoms with van der Waals surface area (Å²) in [7, 11) is -3.35. The molecule has 1 aromatic carbocycles. The maximum Gasteiger partial charge on any atom is 0.212 e. The fourth-order valence-electron chi connectivity index (χ4n) is 2.36. The van der Waals surface area contributed by atoms with E-state index in [9.17, 15) is 13.5 Å². The molecule has 2 atom stereocenters. The maximum absolute atomic E-state index is 12.0. The van der Waals surface area contributed by atoms with Gasteiger partial charge in [-0.3, -0.25) is 0 Å². The van der Waals surface area contributed by atoms with E-state index >= 15 is 0 Å². The van der Waals surface area contributed by atoms with Gasteiger partial charge in [0.15, 0.2) is 0 Å². The highest BCUT2D eigenvalue weighted by atomic mass is 32.2. The van der Waals surface area contributed by atoms with E-state index in [-0.39, 0.29) is 5.75 Å². The Hall–Kier alpha value is -0.910. The second-order valence-corrected chi connectivity index (χ2v) is 7.44. The van der Waals surface area contributed by atoms with Crippen molar-refractivity contribution in [3.8, 4) is 0 Å². The van der Waals surface area contributed by atoms with Gasteiger partial charge in [-0.05, 0) is 23.5 Å². The number of fused-ring (bicyclic) bond motifs is 1. The number of hydrogen-bond donors (Lipinski definition) is 2. The van der Waals surface area contributed by atoms with Gasteiger partial charge in [0.2, 0.25) is 10.0 Å². The number of aliphatic hydroxyl groups excluding tert-OH is 1. The maximum atomic E-state index is 12.0. The van der Waals surface area contributed by atoms with Crippen molar-refractivity contribution in [1.29, 1.82) is 0 Å². The Balaban J connectivity index is 2.11. The molecule has 1 aliphatic rings. The van der Waals surface area contributed by atoms with E-state index in [0.29, 0.717) is 18.8 Å². The third-order valence-electron chi connectivity index (χ3n) is 3.47. The van der Waals surface area contributed by atoms with Gasteiger partial charge in [-0.15, -0.1) is 0 Å². The SMILES string of the molecule is CC(C)CCS(=O)(=O)N[C@H]1c2ccccc2C[C@H]1O. The van der Waals surface area contributed by atoms with Crippen LogP contribution in [-0.4, -0.2) is 25.4 Å². The summed E-state index contributed by atoms with van der Waals surface area (Å²) < 4.78 is 26.7. The molecule has 19 heavy (non-hydrogen) atoms. The van der Waals surface area contributed by atoms with Gasteiger partial charge in [0, 0.05) is 6.42 Å². The zero-order valence-corrected chi connectivity index (χ0v) is 12.2. The summed E-state index contributed by atoms with van der Waals surface area (Å²) in [5.74, 6) is 0.452. The normalized spacial score (nSPS) is 22.7. The molecule has 106 valence electrons. The van der Waals surface area contributed by atoms with Crippen molar-refractivity contribution >= 4 is 10.0 Å². The Labute approximate surface area is 114 Å². The molecule has 0 fully saturated rings. The van der Waals surface area contributed by atoms with Crippen LogP contribution in [0.15, 0.2) is 24.3 Å². The van der Waals surface area contributed by atoms with E-state index in [0.717, 1.165) is 11.1 Å². The van der Waals surface area contributed by atoms with E-state index in [4.69, 9.17) is 0 Å². The minimum Gasteiger partial charge on any atom is -0.391 e. The number of rotatable bonds is 5. The third-order valence-corrected chi connectivity index (χ3v) is 4.86. The second kappa shape index (κ2) is 5.61. The van der Waals surface area contributed by atoms with Crippen molar-refractivity contribution in [2.75, 3.05) is 5.75 Å². The summed E-state index contributed by atoms with van der Waals surface area (Å²) in [5, 5.41) is 10.0. The second-order valence-electron chi connectivity index (χ2n) is 5.57. The predicted octanol–water partition coefficient (Wildman–Crippen LogP) is 1.61. The number of aliphatic hydroxyl groups is 1. The minimum absolute atomic E-state index is 0.107. The lowest BCUT2D eigenvalue weighted by atomic mass is 10.1. The lowest BCUT2D eigenvalue weighted by molar-refractivity contribution is 0.151. The van der Waals surface area contributed by atoms with Gasteiger partial charge >= 0.3 is 0 Å². The van der Waals surface area contributed by atoms with Crippen LogP contribution in [0, 0.1) is 5.92 Å². The topological polar surface area (TPSA) is 66.4 Å². The van der Waals surface area contributed by atoms with Crippen LogP contribution in [0.4, 0.5) is 0 Å². The standard InChI is InChI=1S/C14H21NO3S/c1-10(2)7-8-19(17,18)15-14-12-6-4-3-5-11(12)9-13(14)16/h3-6,10,13-16H,7-9H2,1-2H3/t13-,14+/m1/s1. The first-order valence-electron chi connectivity index (χ1n) is 6.65. The van der Waals surface area contributed by atoms with Crippen molar-refractivity contribution in [2.45, 2.75) is 38.8 Å². The van der Waals surface area contributed by atoms with Crippen LogP contribution in [0.3, 0.4) is 0 Å². The first kappa shape index (κ1) is 14.5. The first-order valence-corrected chi connectivity index (χ1v) is 8.30. The molecule has 1 aromatic rings. The van der Waals surface area contributed by atoms with Gasteiger partial charge in [0.25, 0.3) is 0 Å². The lowest BCUT2D eigenvalue weighted by Crippen LogP contribution is -2.35. The van der Waals surface area contributed by atoms with Gasteiger partial charge in [-0.25, -0.2) is 13.1 Å². The van der Waals surface area contributed by atoms with Crippen molar-refractivity contribution < 1.29 is 13.5 Å². The molecule has 5 heteroatoms. The van der Waals surface area contributed by atoms with Crippen molar-refractivity contribution in [1.82, 2.24) is 4.72 Å². The number of benzene rings is 1. The molecule has 0 unspecified atom stereocenters. The monoisotopic (exact) mass is 283 g/mol. The van der Waals surface area contributed by atoms with Crippen LogP contribution in [0.2, 0.25) is 0 Å². The van der Waals surface area contributed by atoms with Crippen LogP contribution in [0.1, 0.15) is 37.4 Å². The highest BCUT2D eigenvalue weighted by Crippen LogP contribution is 2.31. The fraction of sp³-hybridized carbons (Fsp3) is 0.571. The summed E-state index contributed by atoms with van der Waals surface area (Å²) >= 11 is 0. The van der Waals surface area contributed by atoms with Gasteiger partial charge in [-0.2, -0.15) is 0 Å². The van der Waals surface area contributed by atoms with E-state index in [2.05, 4.69) is 4.72 Å². The smallest absolute Gasteiger partial charge is 0.212 e. The molecule has 0 heterocycles. The molecule has 0 bridgehead atoms. The summed E-state index contributed by atoms with van der Waals surface area (Å²) in [5.41, 5.74) is 1.91. The Bertz CT molecular complexity index is 539. The van der Waals surface area contributed by atoms with Crippen LogP contribution in [0.5, 0.6) is 0 Å². The number of hydrogen-bond acceptors (Lipinski definition) is 3. The lowest BCUT2D eigenvalue weighted by Gasteiger charge is -2.18. The van der Waals surface area contributed by atoms with Crippen LogP contribution in [-0.2, 0) is 16.4 Å². The van der Waals surface area contributed by atoms with Gasteiger partial charge in [0.05, 0.1) is 17.9 Å². The average molecular weight is 283 g/mol. The molecule has 0 saturated heterocycles. The fourth-order valence-corrected chi connectivity index (χ4v) is 3.93. The molecule has 0 amide bonds. The Morgan fingerprint density at radius 1 is 1.37 bits per heavy atom. The molecule has 2 N–H and O–H groups in total. The molecule has 0 saturated carbocycles. The zero-order valence-electron chi connectivity index (χ0n) is 11.3. The molecule has 0 aromatic heterocycles. The highest BCUT2D eigenvalue weighted by Gasteiger charge is 2.33. The third kappa shape index (κ3) is 3.55. The Morgan fingerprint density at radius 3 is 2.74 bits per heavy atom. The summed E-state index contributed by atoms with van der Waals surface area (Å²) in [6.07, 6.45) is 0.457. The largest absolute Gasteiger partial charge is 0.391 e. The van der Waals surface area contributed by atoms with Crippen molar-refractivity contribution in [2.24, 2.45) is 5.92 Å². The van der Waals surface area contributed by atoms with Gasteiger partial charge in [0.1, 0.15) is 0 Å². The summed E-state index contributed by atoms with van der Waals surface area (Å²) in [6.45, 7) is 3.99. The molecular weight excluding hydrogens is 262 g/mol. The summed E-state index contributed by atoms with van der Waals surface area (Å²) in [4.78, 5) is 0. The van der Waals surface area contributed by atoms with Crippen molar-refractivity contribution in [3.63, 3.8) is 0 Å². The molecule has 4 nitrogen and oxygen atoms in total. The van der Waals surface area contributed by atoms with E-state index < -0.39 is 22.2 Å². The van der Waals surface area contributed by atoms with Gasteiger partial charge in [-0.1, -0.05) is 38.1 Å². The first-order chi connectivity index (χ1) is 8.89. The molecule has 0 spiro atoms. The van der Waals surface area contributed by atoms with Crippen LogP contribution in [0.25, 0.3) is 0 Å². The number of sulfonamides is 1. The quantitative estimate of drug-likeness (QED) is 0.863. The Kier molecular flexibility index (Phi) is 4.28. The molecule has 0 radical (unpaired) electrons. The molecule has 1 aliphatic carbocycles. The van der Waals surface area contributed by atoms with Gasteiger partial charge < -0.3 is 5.11 Å². The van der Waals surface area contributed by atoms with E-state index in [1.807, 2.05) is 38.1 Å².